The quantitative estimate of drug-likeness (QED) is 0.879. The van der Waals surface area contributed by atoms with E-state index >= 15 is 0 Å². The van der Waals surface area contributed by atoms with E-state index in [2.05, 4.69) is 30.8 Å². The van der Waals surface area contributed by atoms with Gasteiger partial charge in [0.05, 0.1) is 6.10 Å². The van der Waals surface area contributed by atoms with Crippen molar-refractivity contribution in [2.75, 3.05) is 33.7 Å². The summed E-state index contributed by atoms with van der Waals surface area (Å²) in [4.78, 5) is 4.79. The van der Waals surface area contributed by atoms with Crippen LogP contribution in [0.5, 0.6) is 0 Å². The Labute approximate surface area is 116 Å². The highest BCUT2D eigenvalue weighted by Gasteiger charge is 2.30. The molecule has 0 spiro atoms. The number of likely N-dealkylation sites (tertiary alicyclic amines) is 1. The lowest BCUT2D eigenvalue weighted by molar-refractivity contribution is 0.146. The van der Waals surface area contributed by atoms with Gasteiger partial charge >= 0.3 is 0 Å². The minimum Gasteiger partial charge on any atom is -0.388 e. The third-order valence-electron chi connectivity index (χ3n) is 4.21. The largest absolute Gasteiger partial charge is 0.388 e. The molecule has 3 atom stereocenters. The first-order valence-electron chi connectivity index (χ1n) is 7.19. The number of hydrogen-bond acceptors (Lipinski definition) is 3. The lowest BCUT2D eigenvalue weighted by Crippen LogP contribution is -2.34. The van der Waals surface area contributed by atoms with Crippen molar-refractivity contribution in [1.82, 2.24) is 9.80 Å². The van der Waals surface area contributed by atoms with Crippen LogP contribution in [0.3, 0.4) is 0 Å². The Balaban J connectivity index is 1.81. The zero-order valence-corrected chi connectivity index (χ0v) is 12.3. The third kappa shape index (κ3) is 3.78. The number of nitrogens with zero attached hydrogens (tertiary/aromatic N) is 2. The zero-order valence-electron chi connectivity index (χ0n) is 12.3. The highest BCUT2D eigenvalue weighted by atomic mass is 16.3. The van der Waals surface area contributed by atoms with Crippen LogP contribution in [-0.4, -0.2) is 54.7 Å². The number of likely N-dealkylation sites (N-methyl/N-ethyl adjacent to an activating group) is 1. The summed E-state index contributed by atoms with van der Waals surface area (Å²) in [6.07, 6.45) is 0.478. The van der Waals surface area contributed by atoms with Crippen molar-refractivity contribution >= 4 is 0 Å². The van der Waals surface area contributed by atoms with Gasteiger partial charge in [0.2, 0.25) is 0 Å². The SMILES string of the molecule is CC1CN(CCC(O)c2ccccc2)CC1N(C)C. The molecule has 1 aromatic rings. The fourth-order valence-corrected chi connectivity index (χ4v) is 3.05. The van der Waals surface area contributed by atoms with E-state index in [1.807, 2.05) is 30.3 Å². The summed E-state index contributed by atoms with van der Waals surface area (Å²) >= 11 is 0. The van der Waals surface area contributed by atoms with Crippen molar-refractivity contribution in [2.24, 2.45) is 5.92 Å². The number of rotatable bonds is 5. The van der Waals surface area contributed by atoms with Gasteiger partial charge in [-0.25, -0.2) is 0 Å². The Morgan fingerprint density at radius 2 is 1.95 bits per heavy atom. The fourth-order valence-electron chi connectivity index (χ4n) is 3.05. The van der Waals surface area contributed by atoms with Gasteiger partial charge in [0.15, 0.2) is 0 Å². The van der Waals surface area contributed by atoms with Crippen LogP contribution in [-0.2, 0) is 0 Å². The van der Waals surface area contributed by atoms with Crippen molar-refractivity contribution in [3.05, 3.63) is 35.9 Å². The second kappa shape index (κ2) is 6.51. The second-order valence-corrected chi connectivity index (χ2v) is 5.98. The fraction of sp³-hybridized carbons (Fsp3) is 0.625. The molecular weight excluding hydrogens is 236 g/mol. The molecule has 0 amide bonds. The summed E-state index contributed by atoms with van der Waals surface area (Å²) in [7, 11) is 4.31. The third-order valence-corrected chi connectivity index (χ3v) is 4.21. The summed E-state index contributed by atoms with van der Waals surface area (Å²) < 4.78 is 0. The second-order valence-electron chi connectivity index (χ2n) is 5.98. The summed E-state index contributed by atoms with van der Waals surface area (Å²) in [5, 5.41) is 10.2. The smallest absolute Gasteiger partial charge is 0.0802 e. The van der Waals surface area contributed by atoms with E-state index in [1.165, 1.54) is 0 Å². The minimum atomic E-state index is -0.338. The van der Waals surface area contributed by atoms with Gasteiger partial charge in [0, 0.05) is 25.7 Å². The van der Waals surface area contributed by atoms with Gasteiger partial charge in [0.25, 0.3) is 0 Å². The van der Waals surface area contributed by atoms with Crippen molar-refractivity contribution < 1.29 is 5.11 Å². The molecule has 3 heteroatoms. The minimum absolute atomic E-state index is 0.338. The Kier molecular flexibility index (Phi) is 4.97. The summed E-state index contributed by atoms with van der Waals surface area (Å²) in [6, 6.07) is 10.6. The van der Waals surface area contributed by atoms with Crippen LogP contribution in [0, 0.1) is 5.92 Å². The molecule has 0 bridgehead atoms. The predicted octanol–water partition coefficient (Wildman–Crippen LogP) is 1.99. The van der Waals surface area contributed by atoms with E-state index in [1.54, 1.807) is 0 Å². The molecule has 0 aliphatic carbocycles. The van der Waals surface area contributed by atoms with Gasteiger partial charge in [-0.2, -0.15) is 0 Å². The molecule has 3 nitrogen and oxygen atoms in total. The van der Waals surface area contributed by atoms with Crippen LogP contribution in [0.2, 0.25) is 0 Å². The molecule has 1 aliphatic heterocycles. The molecule has 1 fully saturated rings. The highest BCUT2D eigenvalue weighted by Crippen LogP contribution is 2.22. The molecular formula is C16H26N2O. The summed E-state index contributed by atoms with van der Waals surface area (Å²) in [5.41, 5.74) is 1.03. The Morgan fingerprint density at radius 3 is 2.53 bits per heavy atom. The normalized spacial score (nSPS) is 25.9. The van der Waals surface area contributed by atoms with Crippen molar-refractivity contribution in [1.29, 1.82) is 0 Å². The van der Waals surface area contributed by atoms with E-state index < -0.39 is 0 Å². The average Bonchev–Trinajstić information content (AvgIpc) is 2.78. The molecule has 1 saturated heterocycles. The molecule has 1 aromatic carbocycles. The van der Waals surface area contributed by atoms with E-state index in [-0.39, 0.29) is 6.10 Å². The highest BCUT2D eigenvalue weighted by molar-refractivity contribution is 5.17. The van der Waals surface area contributed by atoms with Crippen molar-refractivity contribution in [2.45, 2.75) is 25.5 Å². The maximum atomic E-state index is 10.2. The van der Waals surface area contributed by atoms with Crippen LogP contribution >= 0.6 is 0 Å². The topological polar surface area (TPSA) is 26.7 Å². The molecule has 3 unspecified atom stereocenters. The molecule has 1 heterocycles. The zero-order chi connectivity index (χ0) is 13.8. The van der Waals surface area contributed by atoms with Gasteiger partial charge in [-0.05, 0) is 32.0 Å². The van der Waals surface area contributed by atoms with Crippen LogP contribution in [0.15, 0.2) is 30.3 Å². The lowest BCUT2D eigenvalue weighted by Gasteiger charge is -2.23. The summed E-state index contributed by atoms with van der Waals surface area (Å²) in [5.74, 6) is 0.712. The van der Waals surface area contributed by atoms with Gasteiger partial charge < -0.3 is 14.9 Å². The number of aliphatic hydroxyl groups excluding tert-OH is 1. The first kappa shape index (κ1) is 14.5. The van der Waals surface area contributed by atoms with Crippen LogP contribution in [0.4, 0.5) is 0 Å². The van der Waals surface area contributed by atoms with Gasteiger partial charge in [0.1, 0.15) is 0 Å². The average molecular weight is 262 g/mol. The van der Waals surface area contributed by atoms with Gasteiger partial charge in [-0.1, -0.05) is 37.3 Å². The van der Waals surface area contributed by atoms with Gasteiger partial charge in [-0.3, -0.25) is 0 Å². The maximum Gasteiger partial charge on any atom is 0.0802 e. The predicted molar refractivity (Wildman–Crippen MR) is 79.1 cm³/mol. The maximum absolute atomic E-state index is 10.2. The van der Waals surface area contributed by atoms with E-state index in [4.69, 9.17) is 0 Å². The molecule has 1 aliphatic rings. The van der Waals surface area contributed by atoms with Crippen molar-refractivity contribution in [3.8, 4) is 0 Å². The molecule has 1 N–H and O–H groups in total. The Bertz CT molecular complexity index is 380. The van der Waals surface area contributed by atoms with Crippen LogP contribution in [0.1, 0.15) is 25.0 Å². The molecule has 0 radical (unpaired) electrons. The Hall–Kier alpha value is -0.900. The molecule has 0 aromatic heterocycles. The standard InChI is InChI=1S/C16H26N2O/c1-13-11-18(12-15(13)17(2)3)10-9-16(19)14-7-5-4-6-8-14/h4-8,13,15-16,19H,9-12H2,1-3H3. The van der Waals surface area contributed by atoms with Crippen LogP contribution < -0.4 is 0 Å². The summed E-state index contributed by atoms with van der Waals surface area (Å²) in [6.45, 7) is 5.56. The van der Waals surface area contributed by atoms with E-state index in [0.717, 1.165) is 31.6 Å². The molecule has 2 rings (SSSR count). The first-order valence-corrected chi connectivity index (χ1v) is 7.19. The number of aliphatic hydroxyl groups is 1. The first-order chi connectivity index (χ1) is 9.08. The lowest BCUT2D eigenvalue weighted by atomic mass is 10.1. The molecule has 19 heavy (non-hydrogen) atoms. The molecule has 0 saturated carbocycles. The van der Waals surface area contributed by atoms with Gasteiger partial charge in [-0.15, -0.1) is 0 Å². The van der Waals surface area contributed by atoms with E-state index in [0.29, 0.717) is 12.0 Å². The van der Waals surface area contributed by atoms with Crippen molar-refractivity contribution in [3.63, 3.8) is 0 Å². The molecule has 106 valence electrons. The number of benzene rings is 1. The number of hydrogen-bond donors (Lipinski definition) is 1. The van der Waals surface area contributed by atoms with Crippen LogP contribution in [0.25, 0.3) is 0 Å². The monoisotopic (exact) mass is 262 g/mol. The Morgan fingerprint density at radius 1 is 1.26 bits per heavy atom. The van der Waals surface area contributed by atoms with E-state index in [9.17, 15) is 5.11 Å².